The van der Waals surface area contributed by atoms with E-state index in [-0.39, 0.29) is 39.1 Å². The smallest absolute Gasteiger partial charge is 0.417 e. The molecule has 246 valence electrons. The number of carbonyl (C=O) groups excluding carboxylic acids is 2. The van der Waals surface area contributed by atoms with E-state index >= 15 is 0 Å². The Hall–Kier alpha value is -5.34. The normalized spacial score (nSPS) is 13.0. The van der Waals surface area contributed by atoms with Crippen molar-refractivity contribution < 1.29 is 40.7 Å². The first-order chi connectivity index (χ1) is 21.9. The van der Waals surface area contributed by atoms with Crippen LogP contribution in [0.4, 0.5) is 37.0 Å². The highest BCUT2D eigenvalue weighted by atomic mass is 19.4. The van der Waals surface area contributed by atoms with E-state index in [4.69, 9.17) is 4.74 Å². The minimum Gasteiger partial charge on any atom is -0.444 e. The number of alkyl halides is 6. The molecule has 5 rings (SSSR count). The molecule has 15 heteroatoms. The molecule has 9 nitrogen and oxygen atoms in total. The third-order valence-electron chi connectivity index (χ3n) is 6.83. The Morgan fingerprint density at radius 2 is 1.57 bits per heavy atom. The average molecular weight is 659 g/mol. The maximum atomic E-state index is 14.1. The highest BCUT2D eigenvalue weighted by Crippen LogP contribution is 2.38. The van der Waals surface area contributed by atoms with Gasteiger partial charge in [0.05, 0.1) is 22.5 Å². The number of halogens is 6. The number of fused-ring (bicyclic) bond motifs is 1. The molecule has 2 amide bonds. The van der Waals surface area contributed by atoms with E-state index in [0.29, 0.717) is 5.69 Å². The Labute approximate surface area is 264 Å². The number of carbonyl (C=O) groups is 2. The third-order valence-corrected chi connectivity index (χ3v) is 6.83. The third kappa shape index (κ3) is 7.39. The highest BCUT2D eigenvalue weighted by Gasteiger charge is 2.43. The van der Waals surface area contributed by atoms with Gasteiger partial charge >= 0.3 is 18.4 Å². The van der Waals surface area contributed by atoms with Crippen molar-refractivity contribution in [1.29, 1.82) is 0 Å². The van der Waals surface area contributed by atoms with E-state index < -0.39 is 41.6 Å². The second-order valence-electron chi connectivity index (χ2n) is 11.6. The van der Waals surface area contributed by atoms with E-state index in [1.165, 1.54) is 48.5 Å². The monoisotopic (exact) mass is 658 g/mol. The van der Waals surface area contributed by atoms with Gasteiger partial charge in [0.2, 0.25) is 0 Å². The predicted octanol–water partition coefficient (Wildman–Crippen LogP) is 7.83. The van der Waals surface area contributed by atoms with E-state index in [0.717, 1.165) is 30.3 Å². The number of aryl methyl sites for hydroxylation is 1. The first-order valence-electron chi connectivity index (χ1n) is 14.1. The summed E-state index contributed by atoms with van der Waals surface area (Å²) in [4.78, 5) is 25.8. The van der Waals surface area contributed by atoms with Gasteiger partial charge in [-0.25, -0.2) is 9.48 Å². The van der Waals surface area contributed by atoms with Crippen LogP contribution in [0.3, 0.4) is 0 Å². The molecule has 5 aromatic rings. The molecule has 0 unspecified atom stereocenters. The number of hydrogen-bond acceptors (Lipinski definition) is 5. The fourth-order valence-corrected chi connectivity index (χ4v) is 4.82. The van der Waals surface area contributed by atoms with Crippen molar-refractivity contribution in [3.63, 3.8) is 0 Å². The molecule has 2 heterocycles. The molecular formula is C32H28F6N6O3. The van der Waals surface area contributed by atoms with Crippen LogP contribution in [0.25, 0.3) is 27.8 Å². The summed E-state index contributed by atoms with van der Waals surface area (Å²) < 4.78 is 91.6. The molecule has 0 radical (unpaired) electrons. The van der Waals surface area contributed by atoms with Crippen molar-refractivity contribution in [3.8, 4) is 16.9 Å². The molecule has 0 fully saturated rings. The molecule has 3 aromatic carbocycles. The fourth-order valence-electron chi connectivity index (χ4n) is 4.82. The second kappa shape index (κ2) is 12.1. The zero-order valence-corrected chi connectivity index (χ0v) is 25.4. The van der Waals surface area contributed by atoms with Crippen LogP contribution in [0.2, 0.25) is 0 Å². The number of hydrogen-bond donors (Lipinski definition) is 2. The summed E-state index contributed by atoms with van der Waals surface area (Å²) in [7, 11) is 1.54. The molecule has 2 aromatic heterocycles. The van der Waals surface area contributed by atoms with Crippen LogP contribution >= 0.6 is 0 Å². The number of ether oxygens (including phenoxy) is 1. The number of aromatic nitrogens is 4. The van der Waals surface area contributed by atoms with Crippen LogP contribution < -0.4 is 10.6 Å². The maximum absolute atomic E-state index is 14.1. The number of amides is 2. The lowest BCUT2D eigenvalue weighted by molar-refractivity contribution is -0.156. The molecule has 1 atom stereocenters. The largest absolute Gasteiger partial charge is 0.444 e. The van der Waals surface area contributed by atoms with Crippen LogP contribution in [0.1, 0.15) is 48.3 Å². The lowest BCUT2D eigenvalue weighted by atomic mass is 10.0. The van der Waals surface area contributed by atoms with Crippen LogP contribution in [-0.4, -0.2) is 43.3 Å². The van der Waals surface area contributed by atoms with Crippen molar-refractivity contribution in [3.05, 3.63) is 95.7 Å². The van der Waals surface area contributed by atoms with Gasteiger partial charge < -0.3 is 15.4 Å². The van der Waals surface area contributed by atoms with Crippen LogP contribution in [0.15, 0.2) is 79.0 Å². The summed E-state index contributed by atoms with van der Waals surface area (Å²) in [5.74, 6) is -0.760. The van der Waals surface area contributed by atoms with E-state index in [2.05, 4.69) is 15.5 Å². The molecule has 0 spiro atoms. The Kier molecular flexibility index (Phi) is 8.51. The molecule has 0 saturated heterocycles. The SMILES string of the molecule is Cn1ccc(-c2cc(C(=O)Nc3c4ccc([C@H](NC(=O)OC(C)(C)C)C(F)(F)F)cc4nn3-c3ccccc3)ccc2C(F)(F)F)n1. The van der Waals surface area contributed by atoms with Crippen molar-refractivity contribution in [2.24, 2.45) is 7.05 Å². The van der Waals surface area contributed by atoms with Crippen molar-refractivity contribution >= 4 is 28.7 Å². The highest BCUT2D eigenvalue weighted by molar-refractivity contribution is 6.09. The minimum absolute atomic E-state index is 0.000918. The number of rotatable bonds is 6. The van der Waals surface area contributed by atoms with Gasteiger partial charge in [-0.2, -0.15) is 36.5 Å². The molecule has 47 heavy (non-hydrogen) atoms. The van der Waals surface area contributed by atoms with Gasteiger partial charge in [-0.3, -0.25) is 9.48 Å². The number of nitrogens with one attached hydrogen (secondary N) is 2. The number of anilines is 1. The molecular weight excluding hydrogens is 630 g/mol. The summed E-state index contributed by atoms with van der Waals surface area (Å²) >= 11 is 0. The number of para-hydroxylation sites is 1. The van der Waals surface area contributed by atoms with E-state index in [1.54, 1.807) is 37.4 Å². The topological polar surface area (TPSA) is 103 Å². The summed E-state index contributed by atoms with van der Waals surface area (Å²) in [6, 6.07) is 13.7. The van der Waals surface area contributed by atoms with Crippen molar-refractivity contribution in [2.45, 2.75) is 44.8 Å². The maximum Gasteiger partial charge on any atom is 0.417 e. The van der Waals surface area contributed by atoms with Crippen LogP contribution in [0, 0.1) is 0 Å². The van der Waals surface area contributed by atoms with E-state index in [1.807, 2.05) is 5.32 Å². The Morgan fingerprint density at radius 3 is 2.17 bits per heavy atom. The second-order valence-corrected chi connectivity index (χ2v) is 11.6. The predicted molar refractivity (Wildman–Crippen MR) is 161 cm³/mol. The van der Waals surface area contributed by atoms with Gasteiger partial charge in [0, 0.05) is 29.8 Å². The number of nitrogens with zero attached hydrogens (tertiary/aromatic N) is 4. The van der Waals surface area contributed by atoms with Gasteiger partial charge in [0.25, 0.3) is 5.91 Å². The quantitative estimate of drug-likeness (QED) is 0.181. The van der Waals surface area contributed by atoms with Gasteiger partial charge in [-0.15, -0.1) is 0 Å². The van der Waals surface area contributed by atoms with E-state index in [9.17, 15) is 35.9 Å². The molecule has 0 aliphatic heterocycles. The van der Waals surface area contributed by atoms with Crippen molar-refractivity contribution in [2.75, 3.05) is 5.32 Å². The molecule has 2 N–H and O–H groups in total. The Bertz CT molecular complexity index is 1940. The summed E-state index contributed by atoms with van der Waals surface area (Å²) in [5, 5.41) is 13.2. The van der Waals surface area contributed by atoms with Gasteiger partial charge in [-0.05, 0) is 74.9 Å². The summed E-state index contributed by atoms with van der Waals surface area (Å²) in [6.45, 7) is 4.53. The Morgan fingerprint density at radius 1 is 0.872 bits per heavy atom. The van der Waals surface area contributed by atoms with Crippen LogP contribution in [-0.2, 0) is 18.0 Å². The lowest BCUT2D eigenvalue weighted by Crippen LogP contribution is -2.41. The fraction of sp³-hybridized carbons (Fsp3) is 0.250. The number of benzene rings is 3. The van der Waals surface area contributed by atoms with Crippen LogP contribution in [0.5, 0.6) is 0 Å². The molecule has 0 aliphatic rings. The summed E-state index contributed by atoms with van der Waals surface area (Å²) in [5.41, 5.74) is -2.37. The molecule has 0 saturated carbocycles. The summed E-state index contributed by atoms with van der Waals surface area (Å²) in [6.07, 6.45) is -9.44. The lowest BCUT2D eigenvalue weighted by Gasteiger charge is -2.25. The van der Waals surface area contributed by atoms with Crippen molar-refractivity contribution in [1.82, 2.24) is 24.9 Å². The average Bonchev–Trinajstić information content (AvgIpc) is 3.57. The minimum atomic E-state index is -4.91. The Balaban J connectivity index is 1.57. The van der Waals surface area contributed by atoms with Gasteiger partial charge in [-0.1, -0.05) is 24.3 Å². The van der Waals surface area contributed by atoms with Gasteiger partial charge in [0.15, 0.2) is 6.04 Å². The first-order valence-corrected chi connectivity index (χ1v) is 14.1. The zero-order chi connectivity index (χ0) is 34.3. The standard InChI is InChI=1S/C32H28F6N6O3/c1-30(2,3)47-29(46)39-26(32(36,37)38)18-10-12-21-25(17-18)42-44(20-8-6-5-7-9-20)27(21)40-28(45)19-11-13-23(31(33,34)35)22(16-19)24-14-15-43(4)41-24/h5-17,26H,1-4H3,(H,39,46)(H,40,45)/t26-/m0/s1. The van der Waals surface area contributed by atoms with Gasteiger partial charge in [0.1, 0.15) is 11.4 Å². The first kappa shape index (κ1) is 33.0. The molecule has 0 aliphatic carbocycles. The number of alkyl carbamates (subject to hydrolysis) is 1. The molecule has 0 bridgehead atoms. The zero-order valence-electron chi connectivity index (χ0n) is 25.4.